The van der Waals surface area contributed by atoms with Gasteiger partial charge in [-0.3, -0.25) is 14.4 Å². The van der Waals surface area contributed by atoms with Crippen molar-refractivity contribution in [3.63, 3.8) is 0 Å². The maximum atomic E-state index is 12.8. The van der Waals surface area contributed by atoms with Crippen LogP contribution in [0.25, 0.3) is 0 Å². The van der Waals surface area contributed by atoms with Crippen molar-refractivity contribution in [3.8, 4) is 0 Å². The van der Waals surface area contributed by atoms with Crippen molar-refractivity contribution < 1.29 is 28.6 Å². The number of unbranched alkanes of at least 4 members (excludes halogenated alkanes) is 30. The molecular weight excluding hydrogens is 721 g/mol. The minimum Gasteiger partial charge on any atom is -0.462 e. The number of hydrogen-bond donors (Lipinski definition) is 0. The van der Waals surface area contributed by atoms with Crippen LogP contribution in [0.15, 0.2) is 0 Å². The van der Waals surface area contributed by atoms with Crippen LogP contribution in [0.3, 0.4) is 0 Å². The summed E-state index contributed by atoms with van der Waals surface area (Å²) in [4.78, 5) is 37.9. The van der Waals surface area contributed by atoms with Gasteiger partial charge in [0, 0.05) is 19.3 Å². The molecule has 58 heavy (non-hydrogen) atoms. The van der Waals surface area contributed by atoms with Crippen LogP contribution in [0.4, 0.5) is 0 Å². The Kier molecular flexibility index (Phi) is 43.7. The van der Waals surface area contributed by atoms with Gasteiger partial charge >= 0.3 is 17.9 Å². The standard InChI is InChI=1S/C52H100O6/c1-6-8-9-10-11-12-13-14-15-16-17-18-21-27-32-37-42-50(53)56-45-49(58-52(55)44-39-34-29-22-19-20-25-30-35-40-47(3)4)46-57-51(54)43-38-33-28-24-23-26-31-36-41-48(5)7-2/h47-49H,6-46H2,1-5H3/t48?,49-/m1/s1. The quantitative estimate of drug-likeness (QED) is 0.0346. The molecule has 1 unspecified atom stereocenters. The molecule has 0 bridgehead atoms. The SMILES string of the molecule is CCCCCCCCCCCCCCCCCCC(=O)OC[C@H](COC(=O)CCCCCCCCCCC(C)CC)OC(=O)CCCCCCCCCCCC(C)C. The molecular formula is C52H100O6. The molecule has 0 saturated carbocycles. The highest BCUT2D eigenvalue weighted by molar-refractivity contribution is 5.71. The number of rotatable bonds is 46. The third kappa shape index (κ3) is 44.0. The summed E-state index contributed by atoms with van der Waals surface area (Å²) in [5.41, 5.74) is 0. The van der Waals surface area contributed by atoms with Gasteiger partial charge in [-0.25, -0.2) is 0 Å². The van der Waals surface area contributed by atoms with Crippen molar-refractivity contribution in [3.05, 3.63) is 0 Å². The third-order valence-corrected chi connectivity index (χ3v) is 12.1. The zero-order valence-electron chi connectivity index (χ0n) is 39.7. The van der Waals surface area contributed by atoms with E-state index in [1.807, 2.05) is 0 Å². The van der Waals surface area contributed by atoms with E-state index in [0.29, 0.717) is 19.3 Å². The number of ether oxygens (including phenoxy) is 3. The topological polar surface area (TPSA) is 78.9 Å². The highest BCUT2D eigenvalue weighted by Crippen LogP contribution is 2.18. The Balaban J connectivity index is 4.31. The van der Waals surface area contributed by atoms with Crippen LogP contribution < -0.4 is 0 Å². The summed E-state index contributed by atoms with van der Waals surface area (Å²) >= 11 is 0. The van der Waals surface area contributed by atoms with Gasteiger partial charge in [-0.15, -0.1) is 0 Å². The van der Waals surface area contributed by atoms with E-state index >= 15 is 0 Å². The summed E-state index contributed by atoms with van der Waals surface area (Å²) in [7, 11) is 0. The van der Waals surface area contributed by atoms with Crippen molar-refractivity contribution in [2.24, 2.45) is 11.8 Å². The van der Waals surface area contributed by atoms with E-state index in [1.165, 1.54) is 173 Å². The molecule has 0 aromatic rings. The van der Waals surface area contributed by atoms with Gasteiger partial charge in [-0.05, 0) is 31.1 Å². The van der Waals surface area contributed by atoms with E-state index in [-0.39, 0.29) is 31.1 Å². The fourth-order valence-corrected chi connectivity index (χ4v) is 7.78. The second kappa shape index (κ2) is 44.9. The lowest BCUT2D eigenvalue weighted by Crippen LogP contribution is -2.30. The van der Waals surface area contributed by atoms with Crippen molar-refractivity contribution in [1.29, 1.82) is 0 Å². The highest BCUT2D eigenvalue weighted by Gasteiger charge is 2.19. The number of carbonyl (C=O) groups excluding carboxylic acids is 3. The fourth-order valence-electron chi connectivity index (χ4n) is 7.78. The summed E-state index contributed by atoms with van der Waals surface area (Å²) in [5, 5.41) is 0. The smallest absolute Gasteiger partial charge is 0.306 e. The molecule has 2 atom stereocenters. The van der Waals surface area contributed by atoms with Gasteiger partial charge in [0.2, 0.25) is 0 Å². The zero-order valence-corrected chi connectivity index (χ0v) is 39.7. The molecule has 6 nitrogen and oxygen atoms in total. The summed E-state index contributed by atoms with van der Waals surface area (Å²) in [5.74, 6) is 0.802. The summed E-state index contributed by atoms with van der Waals surface area (Å²) in [6.45, 7) is 11.4. The Morgan fingerprint density at radius 2 is 0.655 bits per heavy atom. The Labute approximate surface area is 361 Å². The predicted molar refractivity (Wildman–Crippen MR) is 247 cm³/mol. The largest absolute Gasteiger partial charge is 0.462 e. The van der Waals surface area contributed by atoms with Gasteiger partial charge in [0.15, 0.2) is 6.10 Å². The predicted octanol–water partition coefficient (Wildman–Crippen LogP) is 16.5. The molecule has 0 fully saturated rings. The molecule has 0 aromatic carbocycles. The van der Waals surface area contributed by atoms with Crippen molar-refractivity contribution >= 4 is 17.9 Å². The molecule has 0 amide bonds. The van der Waals surface area contributed by atoms with E-state index in [1.54, 1.807) is 0 Å². The second-order valence-electron chi connectivity index (χ2n) is 18.5. The van der Waals surface area contributed by atoms with Gasteiger partial charge in [0.1, 0.15) is 13.2 Å². The first kappa shape index (κ1) is 56.4. The van der Waals surface area contributed by atoms with Gasteiger partial charge in [0.25, 0.3) is 0 Å². The minimum absolute atomic E-state index is 0.0643. The van der Waals surface area contributed by atoms with E-state index in [9.17, 15) is 14.4 Å². The lowest BCUT2D eigenvalue weighted by Gasteiger charge is -2.18. The summed E-state index contributed by atoms with van der Waals surface area (Å²) in [6, 6.07) is 0. The molecule has 0 aliphatic carbocycles. The van der Waals surface area contributed by atoms with E-state index in [0.717, 1.165) is 69.6 Å². The molecule has 0 rings (SSSR count). The van der Waals surface area contributed by atoms with Crippen LogP contribution in [0.2, 0.25) is 0 Å². The monoisotopic (exact) mass is 821 g/mol. The highest BCUT2D eigenvalue weighted by atomic mass is 16.6. The van der Waals surface area contributed by atoms with Crippen molar-refractivity contribution in [1.82, 2.24) is 0 Å². The average molecular weight is 821 g/mol. The Hall–Kier alpha value is -1.59. The lowest BCUT2D eigenvalue weighted by molar-refractivity contribution is -0.167. The molecule has 0 N–H and O–H groups in total. The van der Waals surface area contributed by atoms with Gasteiger partial charge < -0.3 is 14.2 Å². The maximum absolute atomic E-state index is 12.8. The molecule has 6 heteroatoms. The number of hydrogen-bond acceptors (Lipinski definition) is 6. The molecule has 0 aliphatic heterocycles. The first-order valence-electron chi connectivity index (χ1n) is 25.8. The van der Waals surface area contributed by atoms with Crippen LogP contribution in [-0.2, 0) is 28.6 Å². The van der Waals surface area contributed by atoms with Gasteiger partial charge in [-0.2, -0.15) is 0 Å². The number of esters is 3. The Morgan fingerprint density at radius 3 is 0.983 bits per heavy atom. The first-order valence-corrected chi connectivity index (χ1v) is 25.8. The molecule has 0 aliphatic rings. The van der Waals surface area contributed by atoms with Crippen LogP contribution in [0.1, 0.15) is 285 Å². The van der Waals surface area contributed by atoms with E-state index in [2.05, 4.69) is 34.6 Å². The van der Waals surface area contributed by atoms with Crippen molar-refractivity contribution in [2.45, 2.75) is 291 Å². The van der Waals surface area contributed by atoms with Crippen LogP contribution >= 0.6 is 0 Å². The summed E-state index contributed by atoms with van der Waals surface area (Å²) in [6.07, 6.45) is 45.1. The second-order valence-corrected chi connectivity index (χ2v) is 18.5. The minimum atomic E-state index is -0.762. The van der Waals surface area contributed by atoms with E-state index < -0.39 is 6.10 Å². The zero-order chi connectivity index (χ0) is 42.6. The molecule has 0 saturated heterocycles. The van der Waals surface area contributed by atoms with Gasteiger partial charge in [-0.1, -0.05) is 247 Å². The first-order chi connectivity index (χ1) is 28.3. The third-order valence-electron chi connectivity index (χ3n) is 12.1. The molecule has 0 spiro atoms. The molecule has 0 aromatic heterocycles. The van der Waals surface area contributed by atoms with Crippen LogP contribution in [0.5, 0.6) is 0 Å². The lowest BCUT2D eigenvalue weighted by atomic mass is 9.99. The van der Waals surface area contributed by atoms with Crippen LogP contribution in [0, 0.1) is 11.8 Å². The average Bonchev–Trinajstić information content (AvgIpc) is 3.21. The number of carbonyl (C=O) groups is 3. The van der Waals surface area contributed by atoms with Crippen molar-refractivity contribution in [2.75, 3.05) is 13.2 Å². The Morgan fingerprint density at radius 1 is 0.362 bits per heavy atom. The normalized spacial score (nSPS) is 12.5. The van der Waals surface area contributed by atoms with Gasteiger partial charge in [0.05, 0.1) is 0 Å². The molecule has 0 heterocycles. The Bertz CT molecular complexity index is 887. The van der Waals surface area contributed by atoms with Crippen LogP contribution in [-0.4, -0.2) is 37.2 Å². The molecule has 0 radical (unpaired) electrons. The fraction of sp³-hybridized carbons (Fsp3) is 0.942. The van der Waals surface area contributed by atoms with E-state index in [4.69, 9.17) is 14.2 Å². The molecule has 344 valence electrons. The maximum Gasteiger partial charge on any atom is 0.306 e. The summed E-state index contributed by atoms with van der Waals surface area (Å²) < 4.78 is 16.8.